The maximum absolute atomic E-state index is 12.0. The van der Waals surface area contributed by atoms with Crippen molar-refractivity contribution in [3.05, 3.63) is 12.7 Å². The van der Waals surface area contributed by atoms with Crippen LogP contribution >= 0.6 is 0 Å². The molecule has 0 atom stereocenters. The van der Waals surface area contributed by atoms with Crippen LogP contribution in [0, 0.1) is 0 Å². The molecule has 0 aromatic rings. The van der Waals surface area contributed by atoms with Crippen LogP contribution in [0.1, 0.15) is 41.5 Å². The molecule has 0 saturated heterocycles. The SMILES string of the molecule is C=CCN(C(=O)NC(C)(C)C)C(C)(C)C. The molecule has 2 amide bonds. The molecule has 0 rings (SSSR count). The molecule has 0 spiro atoms. The van der Waals surface area contributed by atoms with E-state index in [0.717, 1.165) is 0 Å². The molecular weight excluding hydrogens is 188 g/mol. The number of hydrogen-bond acceptors (Lipinski definition) is 1. The van der Waals surface area contributed by atoms with Crippen LogP contribution < -0.4 is 5.32 Å². The van der Waals surface area contributed by atoms with Gasteiger partial charge in [0.05, 0.1) is 0 Å². The third-order valence-corrected chi connectivity index (χ3v) is 1.85. The normalized spacial score (nSPS) is 12.1. The first-order chi connectivity index (χ1) is 6.58. The van der Waals surface area contributed by atoms with Crippen molar-refractivity contribution in [3.63, 3.8) is 0 Å². The highest BCUT2D eigenvalue weighted by molar-refractivity contribution is 5.75. The number of nitrogens with one attached hydrogen (secondary N) is 1. The van der Waals surface area contributed by atoms with Crippen LogP contribution in [-0.4, -0.2) is 28.6 Å². The van der Waals surface area contributed by atoms with E-state index in [9.17, 15) is 4.79 Å². The summed E-state index contributed by atoms with van der Waals surface area (Å²) in [6.45, 7) is 16.2. The molecule has 0 aliphatic rings. The predicted octanol–water partition coefficient (Wildman–Crippen LogP) is 2.78. The standard InChI is InChI=1S/C12H24N2O/c1-8-9-14(12(5,6)7)10(15)13-11(2,3)4/h8H,1,9H2,2-7H3,(H,13,15). The number of nitrogens with zero attached hydrogens (tertiary/aromatic N) is 1. The lowest BCUT2D eigenvalue weighted by molar-refractivity contribution is 0.147. The summed E-state index contributed by atoms with van der Waals surface area (Å²) in [5, 5.41) is 2.95. The highest BCUT2D eigenvalue weighted by Crippen LogP contribution is 2.14. The number of carbonyl (C=O) groups excluding carboxylic acids is 1. The van der Waals surface area contributed by atoms with Gasteiger partial charge in [0.15, 0.2) is 0 Å². The van der Waals surface area contributed by atoms with Gasteiger partial charge in [-0.25, -0.2) is 4.79 Å². The Hall–Kier alpha value is -0.990. The molecule has 88 valence electrons. The van der Waals surface area contributed by atoms with E-state index in [1.54, 1.807) is 11.0 Å². The number of carbonyl (C=O) groups is 1. The molecule has 0 unspecified atom stereocenters. The van der Waals surface area contributed by atoms with Crippen LogP contribution in [0.25, 0.3) is 0 Å². The number of rotatable bonds is 2. The Labute approximate surface area is 93.5 Å². The Morgan fingerprint density at radius 3 is 2.00 bits per heavy atom. The molecule has 0 fully saturated rings. The van der Waals surface area contributed by atoms with E-state index in [2.05, 4.69) is 11.9 Å². The molecule has 3 heteroatoms. The van der Waals surface area contributed by atoms with Gasteiger partial charge in [-0.2, -0.15) is 0 Å². The molecule has 0 saturated carbocycles. The van der Waals surface area contributed by atoms with Gasteiger partial charge in [-0.15, -0.1) is 6.58 Å². The maximum atomic E-state index is 12.0. The Kier molecular flexibility index (Phi) is 4.38. The largest absolute Gasteiger partial charge is 0.333 e. The third-order valence-electron chi connectivity index (χ3n) is 1.85. The second kappa shape index (κ2) is 4.69. The fraction of sp³-hybridized carbons (Fsp3) is 0.750. The van der Waals surface area contributed by atoms with Crippen LogP contribution in [0.5, 0.6) is 0 Å². The van der Waals surface area contributed by atoms with E-state index >= 15 is 0 Å². The average Bonchev–Trinajstić information content (AvgIpc) is 1.93. The molecule has 0 aromatic heterocycles. The summed E-state index contributed by atoms with van der Waals surface area (Å²) in [4.78, 5) is 13.7. The predicted molar refractivity (Wildman–Crippen MR) is 64.9 cm³/mol. The number of hydrogen-bond donors (Lipinski definition) is 1. The van der Waals surface area contributed by atoms with E-state index in [1.807, 2.05) is 41.5 Å². The van der Waals surface area contributed by atoms with Gasteiger partial charge in [0, 0.05) is 17.6 Å². The molecule has 1 N–H and O–H groups in total. The number of amides is 2. The monoisotopic (exact) mass is 212 g/mol. The molecule has 0 aliphatic heterocycles. The van der Waals surface area contributed by atoms with Gasteiger partial charge < -0.3 is 10.2 Å². The van der Waals surface area contributed by atoms with Crippen LogP contribution in [0.2, 0.25) is 0 Å². The Morgan fingerprint density at radius 2 is 1.73 bits per heavy atom. The summed E-state index contributed by atoms with van der Waals surface area (Å²) in [6.07, 6.45) is 1.74. The fourth-order valence-corrected chi connectivity index (χ4v) is 1.18. The van der Waals surface area contributed by atoms with Gasteiger partial charge in [-0.3, -0.25) is 0 Å². The van der Waals surface area contributed by atoms with Gasteiger partial charge in [0.2, 0.25) is 0 Å². The minimum Gasteiger partial charge on any atom is -0.333 e. The Bertz CT molecular complexity index is 233. The van der Waals surface area contributed by atoms with Crippen molar-refractivity contribution >= 4 is 6.03 Å². The van der Waals surface area contributed by atoms with E-state index in [4.69, 9.17) is 0 Å². The van der Waals surface area contributed by atoms with Crippen molar-refractivity contribution in [2.45, 2.75) is 52.6 Å². The van der Waals surface area contributed by atoms with Crippen LogP contribution in [0.3, 0.4) is 0 Å². The first-order valence-corrected chi connectivity index (χ1v) is 5.28. The average molecular weight is 212 g/mol. The highest BCUT2D eigenvalue weighted by atomic mass is 16.2. The summed E-state index contributed by atoms with van der Waals surface area (Å²) in [5.74, 6) is 0. The summed E-state index contributed by atoms with van der Waals surface area (Å²) in [5.41, 5.74) is -0.398. The number of urea groups is 1. The summed E-state index contributed by atoms with van der Waals surface area (Å²) in [6, 6.07) is -0.0464. The third kappa shape index (κ3) is 5.45. The lowest BCUT2D eigenvalue weighted by Crippen LogP contribution is -2.54. The minimum absolute atomic E-state index is 0.0464. The second-order valence-corrected chi connectivity index (χ2v) is 5.75. The lowest BCUT2D eigenvalue weighted by Gasteiger charge is -2.37. The van der Waals surface area contributed by atoms with Crippen molar-refractivity contribution in [2.24, 2.45) is 0 Å². The van der Waals surface area contributed by atoms with Crippen molar-refractivity contribution in [2.75, 3.05) is 6.54 Å². The van der Waals surface area contributed by atoms with Gasteiger partial charge in [0.25, 0.3) is 0 Å². The first kappa shape index (κ1) is 14.0. The molecule has 0 radical (unpaired) electrons. The van der Waals surface area contributed by atoms with Gasteiger partial charge in [-0.1, -0.05) is 6.08 Å². The van der Waals surface area contributed by atoms with Gasteiger partial charge >= 0.3 is 6.03 Å². The van der Waals surface area contributed by atoms with Crippen LogP contribution in [0.15, 0.2) is 12.7 Å². The molecule has 0 heterocycles. The van der Waals surface area contributed by atoms with E-state index < -0.39 is 0 Å². The zero-order chi connectivity index (χ0) is 12.3. The maximum Gasteiger partial charge on any atom is 0.318 e. The van der Waals surface area contributed by atoms with Gasteiger partial charge in [0.1, 0.15) is 0 Å². The zero-order valence-corrected chi connectivity index (χ0v) is 10.8. The minimum atomic E-state index is -0.207. The van der Waals surface area contributed by atoms with Crippen LogP contribution in [0.4, 0.5) is 4.79 Å². The van der Waals surface area contributed by atoms with E-state index in [-0.39, 0.29) is 17.1 Å². The Balaban J connectivity index is 4.65. The fourth-order valence-electron chi connectivity index (χ4n) is 1.18. The lowest BCUT2D eigenvalue weighted by atomic mass is 10.1. The quantitative estimate of drug-likeness (QED) is 0.701. The zero-order valence-electron chi connectivity index (χ0n) is 10.8. The van der Waals surface area contributed by atoms with Crippen LogP contribution in [-0.2, 0) is 0 Å². The van der Waals surface area contributed by atoms with Crippen molar-refractivity contribution in [3.8, 4) is 0 Å². The highest BCUT2D eigenvalue weighted by Gasteiger charge is 2.27. The van der Waals surface area contributed by atoms with Crippen molar-refractivity contribution in [1.82, 2.24) is 10.2 Å². The van der Waals surface area contributed by atoms with Crippen molar-refractivity contribution < 1.29 is 4.79 Å². The molecule has 0 aliphatic carbocycles. The smallest absolute Gasteiger partial charge is 0.318 e. The molecule has 0 bridgehead atoms. The van der Waals surface area contributed by atoms with E-state index in [1.165, 1.54) is 0 Å². The molecule has 0 aromatic carbocycles. The molecule has 15 heavy (non-hydrogen) atoms. The van der Waals surface area contributed by atoms with E-state index in [0.29, 0.717) is 6.54 Å². The van der Waals surface area contributed by atoms with Crippen molar-refractivity contribution in [1.29, 1.82) is 0 Å². The molecular formula is C12H24N2O. The second-order valence-electron chi connectivity index (χ2n) is 5.75. The summed E-state index contributed by atoms with van der Waals surface area (Å²) < 4.78 is 0. The summed E-state index contributed by atoms with van der Waals surface area (Å²) in [7, 11) is 0. The van der Waals surface area contributed by atoms with Gasteiger partial charge in [-0.05, 0) is 41.5 Å². The molecule has 3 nitrogen and oxygen atoms in total. The topological polar surface area (TPSA) is 32.3 Å². The first-order valence-electron chi connectivity index (χ1n) is 5.28. The summed E-state index contributed by atoms with van der Waals surface area (Å²) >= 11 is 0. The Morgan fingerprint density at radius 1 is 1.27 bits per heavy atom.